The summed E-state index contributed by atoms with van der Waals surface area (Å²) in [6.07, 6.45) is 5.72. The number of hydrogen-bond acceptors (Lipinski definition) is 4. The zero-order valence-corrected chi connectivity index (χ0v) is 9.90. The van der Waals surface area contributed by atoms with Gasteiger partial charge in [-0.25, -0.2) is 9.97 Å². The Hall–Kier alpha value is -1.72. The van der Waals surface area contributed by atoms with Crippen LogP contribution in [-0.2, 0) is 0 Å². The first-order chi connectivity index (χ1) is 8.16. The molecule has 0 bridgehead atoms. The van der Waals surface area contributed by atoms with E-state index in [-0.39, 0.29) is 15.7 Å². The number of nitrogens with zero attached hydrogens (tertiary/aromatic N) is 3. The van der Waals surface area contributed by atoms with Crippen LogP contribution in [0.5, 0.6) is 0 Å². The van der Waals surface area contributed by atoms with Crippen molar-refractivity contribution >= 4 is 34.9 Å². The lowest BCUT2D eigenvalue weighted by atomic mass is 10.2. The first-order valence-corrected chi connectivity index (χ1v) is 5.31. The maximum Gasteiger partial charge on any atom is 0.258 e. The third-order valence-electron chi connectivity index (χ3n) is 1.87. The van der Waals surface area contributed by atoms with Crippen molar-refractivity contribution < 1.29 is 4.79 Å². The monoisotopic (exact) mass is 268 g/mol. The number of nitrogens with one attached hydrogen (secondary N) is 1. The van der Waals surface area contributed by atoms with E-state index in [0.717, 1.165) is 0 Å². The molecule has 0 atom stereocenters. The van der Waals surface area contributed by atoms with Crippen molar-refractivity contribution in [1.82, 2.24) is 15.0 Å². The van der Waals surface area contributed by atoms with Gasteiger partial charge in [0, 0.05) is 18.6 Å². The predicted molar refractivity (Wildman–Crippen MR) is 64.2 cm³/mol. The molecule has 17 heavy (non-hydrogen) atoms. The largest absolute Gasteiger partial charge is 0.305 e. The maximum atomic E-state index is 11.8. The minimum absolute atomic E-state index is 0.193. The molecule has 0 unspecified atom stereocenters. The summed E-state index contributed by atoms with van der Waals surface area (Å²) in [4.78, 5) is 23.3. The fraction of sp³-hybridized carbons (Fsp3) is 0. The zero-order valence-electron chi connectivity index (χ0n) is 8.39. The Balaban J connectivity index is 2.23. The summed E-state index contributed by atoms with van der Waals surface area (Å²) < 4.78 is 0. The normalized spacial score (nSPS) is 10.0. The van der Waals surface area contributed by atoms with Crippen LogP contribution in [0.4, 0.5) is 5.82 Å². The molecule has 0 spiro atoms. The summed E-state index contributed by atoms with van der Waals surface area (Å²) in [5.74, 6) is -0.0821. The fourth-order valence-corrected chi connectivity index (χ4v) is 1.48. The molecule has 5 nitrogen and oxygen atoms in total. The molecule has 2 aromatic rings. The summed E-state index contributed by atoms with van der Waals surface area (Å²) in [5, 5.41) is 2.95. The highest BCUT2D eigenvalue weighted by atomic mass is 35.5. The van der Waals surface area contributed by atoms with E-state index in [4.69, 9.17) is 23.2 Å². The number of halogens is 2. The van der Waals surface area contributed by atoms with Gasteiger partial charge in [0.1, 0.15) is 5.15 Å². The minimum atomic E-state index is -0.417. The molecule has 2 rings (SSSR count). The molecule has 0 radical (unpaired) electrons. The Labute approximate surface area is 107 Å². The van der Waals surface area contributed by atoms with E-state index in [1.807, 2.05) is 0 Å². The van der Waals surface area contributed by atoms with Crippen LogP contribution in [0.25, 0.3) is 0 Å². The number of anilines is 1. The van der Waals surface area contributed by atoms with Crippen molar-refractivity contribution in [2.45, 2.75) is 0 Å². The molecule has 2 heterocycles. The lowest BCUT2D eigenvalue weighted by Gasteiger charge is -2.05. The molecule has 2 aromatic heterocycles. The van der Waals surface area contributed by atoms with Crippen molar-refractivity contribution in [3.8, 4) is 0 Å². The lowest BCUT2D eigenvalue weighted by molar-refractivity contribution is 0.102. The standard InChI is InChI=1S/C10H6Cl2N4O/c11-7-4-15-8(12)3-6(7)10(17)16-9-5-13-1-2-14-9/h1-5H,(H,14,16,17). The van der Waals surface area contributed by atoms with E-state index in [1.165, 1.54) is 30.9 Å². The van der Waals surface area contributed by atoms with Gasteiger partial charge in [-0.2, -0.15) is 0 Å². The van der Waals surface area contributed by atoms with Crippen molar-refractivity contribution in [1.29, 1.82) is 0 Å². The first kappa shape index (κ1) is 11.8. The molecule has 1 amide bonds. The van der Waals surface area contributed by atoms with Crippen molar-refractivity contribution in [3.05, 3.63) is 46.6 Å². The highest BCUT2D eigenvalue weighted by Gasteiger charge is 2.12. The van der Waals surface area contributed by atoms with Crippen LogP contribution in [0.2, 0.25) is 10.2 Å². The van der Waals surface area contributed by atoms with Crippen molar-refractivity contribution in [2.24, 2.45) is 0 Å². The second-order valence-electron chi connectivity index (χ2n) is 3.03. The van der Waals surface area contributed by atoms with Gasteiger partial charge in [-0.1, -0.05) is 23.2 Å². The summed E-state index contributed by atoms with van der Waals surface area (Å²) in [5.41, 5.74) is 0.234. The molecule has 0 aromatic carbocycles. The number of carbonyl (C=O) groups is 1. The quantitative estimate of drug-likeness (QED) is 0.850. The molecule has 7 heteroatoms. The lowest BCUT2D eigenvalue weighted by Crippen LogP contribution is -2.13. The fourth-order valence-electron chi connectivity index (χ4n) is 1.13. The van der Waals surface area contributed by atoms with Gasteiger partial charge in [-0.15, -0.1) is 0 Å². The number of rotatable bonds is 2. The van der Waals surface area contributed by atoms with E-state index in [1.54, 1.807) is 0 Å². The summed E-state index contributed by atoms with van der Waals surface area (Å²) in [6.45, 7) is 0. The molecule has 1 N–H and O–H groups in total. The summed E-state index contributed by atoms with van der Waals surface area (Å²) in [6, 6.07) is 1.38. The van der Waals surface area contributed by atoms with Crippen LogP contribution in [0.15, 0.2) is 30.9 Å². The summed E-state index contributed by atoms with van der Waals surface area (Å²) >= 11 is 11.5. The van der Waals surface area contributed by atoms with Crippen molar-refractivity contribution in [2.75, 3.05) is 5.32 Å². The molecule has 0 saturated heterocycles. The van der Waals surface area contributed by atoms with Crippen LogP contribution in [0.1, 0.15) is 10.4 Å². The van der Waals surface area contributed by atoms with E-state index in [0.29, 0.717) is 5.82 Å². The molecule has 86 valence electrons. The molecule has 0 fully saturated rings. The number of pyridine rings is 1. The van der Waals surface area contributed by atoms with Gasteiger partial charge in [0.25, 0.3) is 5.91 Å². The highest BCUT2D eigenvalue weighted by molar-refractivity contribution is 6.35. The highest BCUT2D eigenvalue weighted by Crippen LogP contribution is 2.18. The average molecular weight is 269 g/mol. The van der Waals surface area contributed by atoms with Gasteiger partial charge in [-0.05, 0) is 6.07 Å². The molecular formula is C10H6Cl2N4O. The topological polar surface area (TPSA) is 67.8 Å². The SMILES string of the molecule is O=C(Nc1cnccn1)c1cc(Cl)ncc1Cl. The van der Waals surface area contributed by atoms with Crippen molar-refractivity contribution in [3.63, 3.8) is 0 Å². The van der Waals surface area contributed by atoms with Gasteiger partial charge in [0.15, 0.2) is 5.82 Å². The predicted octanol–water partition coefficient (Wildman–Crippen LogP) is 2.43. The smallest absolute Gasteiger partial charge is 0.258 e. The first-order valence-electron chi connectivity index (χ1n) is 4.55. The minimum Gasteiger partial charge on any atom is -0.305 e. The second kappa shape index (κ2) is 5.07. The van der Waals surface area contributed by atoms with Crippen LogP contribution < -0.4 is 5.32 Å². The third kappa shape index (κ3) is 2.89. The molecule has 0 aliphatic carbocycles. The molecule has 0 saturated carbocycles. The number of amides is 1. The Morgan fingerprint density at radius 1 is 1.18 bits per heavy atom. The number of carbonyl (C=O) groups excluding carboxylic acids is 1. The Kier molecular flexibility index (Phi) is 3.51. The van der Waals surface area contributed by atoms with E-state index in [9.17, 15) is 4.79 Å². The van der Waals surface area contributed by atoms with E-state index >= 15 is 0 Å². The molecule has 0 aliphatic heterocycles. The Bertz CT molecular complexity index is 547. The number of aromatic nitrogens is 3. The molecular weight excluding hydrogens is 263 g/mol. The second-order valence-corrected chi connectivity index (χ2v) is 3.83. The van der Waals surface area contributed by atoms with Gasteiger partial charge < -0.3 is 5.32 Å². The third-order valence-corrected chi connectivity index (χ3v) is 2.38. The van der Waals surface area contributed by atoms with Crippen LogP contribution in [0, 0.1) is 0 Å². The maximum absolute atomic E-state index is 11.8. The van der Waals surface area contributed by atoms with Gasteiger partial charge in [0.2, 0.25) is 0 Å². The van der Waals surface area contributed by atoms with Gasteiger partial charge >= 0.3 is 0 Å². The Morgan fingerprint density at radius 2 is 2.00 bits per heavy atom. The zero-order chi connectivity index (χ0) is 12.3. The average Bonchev–Trinajstić information content (AvgIpc) is 2.33. The van der Waals surface area contributed by atoms with Crippen LogP contribution in [0.3, 0.4) is 0 Å². The van der Waals surface area contributed by atoms with Gasteiger partial charge in [0.05, 0.1) is 16.8 Å². The molecule has 0 aliphatic rings. The van der Waals surface area contributed by atoms with Gasteiger partial charge in [-0.3, -0.25) is 9.78 Å². The van der Waals surface area contributed by atoms with E-state index in [2.05, 4.69) is 20.3 Å². The van der Waals surface area contributed by atoms with E-state index < -0.39 is 5.91 Å². The van der Waals surface area contributed by atoms with Crippen LogP contribution >= 0.6 is 23.2 Å². The Morgan fingerprint density at radius 3 is 2.71 bits per heavy atom. The van der Waals surface area contributed by atoms with Crippen LogP contribution in [-0.4, -0.2) is 20.9 Å². The number of hydrogen-bond donors (Lipinski definition) is 1. The summed E-state index contributed by atoms with van der Waals surface area (Å²) in [7, 11) is 0.